The zero-order chi connectivity index (χ0) is 38.2. The molecule has 4 nitrogen and oxygen atoms in total. The SMILES string of the molecule is c1ccc(-c2nc3cc4c5cc(-c6cccc(-c7nc8ccccc8n7-c7cccc8ccccc78)c6)ccc5n(-c5ccccc5)c4cc3c3ccccc23)cc1. The molecule has 4 heteroatoms. The van der Waals surface area contributed by atoms with Crippen LogP contribution in [0.3, 0.4) is 0 Å². The van der Waals surface area contributed by atoms with Gasteiger partial charge < -0.3 is 4.57 Å². The molecule has 0 aliphatic carbocycles. The smallest absolute Gasteiger partial charge is 0.145 e. The molecule has 0 saturated heterocycles. The Morgan fingerprint density at radius 3 is 1.84 bits per heavy atom. The van der Waals surface area contributed by atoms with Gasteiger partial charge in [0.25, 0.3) is 0 Å². The number of hydrogen-bond donors (Lipinski definition) is 0. The number of pyridine rings is 1. The summed E-state index contributed by atoms with van der Waals surface area (Å²) in [6, 6.07) is 73.8. The third-order valence-corrected chi connectivity index (χ3v) is 11.7. The monoisotopic (exact) mass is 738 g/mol. The maximum Gasteiger partial charge on any atom is 0.145 e. The van der Waals surface area contributed by atoms with Crippen LogP contribution in [0.25, 0.3) is 110 Å². The van der Waals surface area contributed by atoms with Crippen molar-refractivity contribution in [1.29, 1.82) is 0 Å². The van der Waals surface area contributed by atoms with E-state index in [0.717, 1.165) is 83.5 Å². The van der Waals surface area contributed by atoms with Gasteiger partial charge in [-0.1, -0.05) is 146 Å². The number of hydrogen-bond acceptors (Lipinski definition) is 2. The summed E-state index contributed by atoms with van der Waals surface area (Å²) in [6.07, 6.45) is 0. The van der Waals surface area contributed by atoms with Crippen molar-refractivity contribution in [2.45, 2.75) is 0 Å². The van der Waals surface area contributed by atoms with Crippen LogP contribution in [0.15, 0.2) is 206 Å². The molecule has 0 spiro atoms. The lowest BCUT2D eigenvalue weighted by Crippen LogP contribution is -1.99. The molecule has 58 heavy (non-hydrogen) atoms. The second kappa shape index (κ2) is 12.9. The van der Waals surface area contributed by atoms with Gasteiger partial charge in [0.05, 0.1) is 39.0 Å². The summed E-state index contributed by atoms with van der Waals surface area (Å²) < 4.78 is 4.72. The van der Waals surface area contributed by atoms with Crippen LogP contribution in [0.1, 0.15) is 0 Å². The van der Waals surface area contributed by atoms with Gasteiger partial charge in [-0.2, -0.15) is 0 Å². The molecule has 0 bridgehead atoms. The van der Waals surface area contributed by atoms with Crippen LogP contribution in [0.2, 0.25) is 0 Å². The first-order chi connectivity index (χ1) is 28.8. The highest BCUT2D eigenvalue weighted by atomic mass is 15.1. The number of rotatable bonds is 5. The van der Waals surface area contributed by atoms with Gasteiger partial charge >= 0.3 is 0 Å². The molecule has 0 atom stereocenters. The minimum absolute atomic E-state index is 0.917. The first-order valence-electron chi connectivity index (χ1n) is 19.7. The van der Waals surface area contributed by atoms with E-state index < -0.39 is 0 Å². The van der Waals surface area contributed by atoms with Crippen molar-refractivity contribution in [1.82, 2.24) is 19.1 Å². The molecule has 0 fully saturated rings. The summed E-state index contributed by atoms with van der Waals surface area (Å²) in [7, 11) is 0. The molecule has 0 amide bonds. The van der Waals surface area contributed by atoms with Gasteiger partial charge in [0.15, 0.2) is 0 Å². The van der Waals surface area contributed by atoms with Gasteiger partial charge in [-0.25, -0.2) is 9.97 Å². The maximum atomic E-state index is 5.39. The van der Waals surface area contributed by atoms with E-state index in [1.807, 2.05) is 0 Å². The molecule has 0 radical (unpaired) electrons. The average Bonchev–Trinajstić information content (AvgIpc) is 3.84. The predicted octanol–water partition coefficient (Wildman–Crippen LogP) is 14.0. The summed E-state index contributed by atoms with van der Waals surface area (Å²) in [6.45, 7) is 0. The topological polar surface area (TPSA) is 35.6 Å². The molecule has 12 aromatic rings. The predicted molar refractivity (Wildman–Crippen MR) is 242 cm³/mol. The highest BCUT2D eigenvalue weighted by molar-refractivity contribution is 6.19. The van der Waals surface area contributed by atoms with Crippen LogP contribution in [0.5, 0.6) is 0 Å². The molecule has 0 unspecified atom stereocenters. The number of aromatic nitrogens is 4. The van der Waals surface area contributed by atoms with Gasteiger partial charge in [-0.15, -0.1) is 0 Å². The van der Waals surface area contributed by atoms with Crippen molar-refractivity contribution < 1.29 is 0 Å². The highest BCUT2D eigenvalue weighted by Crippen LogP contribution is 2.41. The number of fused-ring (bicyclic) bond motifs is 8. The fraction of sp³-hybridized carbons (Fsp3) is 0. The summed E-state index contributed by atoms with van der Waals surface area (Å²) in [4.78, 5) is 10.7. The molecule has 270 valence electrons. The van der Waals surface area contributed by atoms with Crippen molar-refractivity contribution >= 4 is 65.3 Å². The Morgan fingerprint density at radius 1 is 0.310 bits per heavy atom. The van der Waals surface area contributed by atoms with Gasteiger partial charge in [-0.3, -0.25) is 4.57 Å². The highest BCUT2D eigenvalue weighted by Gasteiger charge is 2.20. The van der Waals surface area contributed by atoms with Crippen LogP contribution >= 0.6 is 0 Å². The van der Waals surface area contributed by atoms with E-state index in [1.54, 1.807) is 0 Å². The van der Waals surface area contributed by atoms with E-state index in [-0.39, 0.29) is 0 Å². The first-order valence-corrected chi connectivity index (χ1v) is 19.7. The van der Waals surface area contributed by atoms with Gasteiger partial charge in [-0.05, 0) is 82.6 Å². The lowest BCUT2D eigenvalue weighted by Gasteiger charge is -2.13. The second-order valence-corrected chi connectivity index (χ2v) is 15.0. The Morgan fingerprint density at radius 2 is 0.966 bits per heavy atom. The lowest BCUT2D eigenvalue weighted by atomic mass is 9.98. The van der Waals surface area contributed by atoms with Crippen molar-refractivity contribution in [3.63, 3.8) is 0 Å². The molecule has 0 N–H and O–H groups in total. The summed E-state index contributed by atoms with van der Waals surface area (Å²) >= 11 is 0. The van der Waals surface area contributed by atoms with Crippen molar-refractivity contribution in [2.75, 3.05) is 0 Å². The van der Waals surface area contributed by atoms with E-state index in [2.05, 4.69) is 215 Å². The van der Waals surface area contributed by atoms with E-state index >= 15 is 0 Å². The summed E-state index contributed by atoms with van der Waals surface area (Å²) in [5.74, 6) is 0.917. The fourth-order valence-corrected chi connectivity index (χ4v) is 9.02. The van der Waals surface area contributed by atoms with Crippen LogP contribution in [-0.2, 0) is 0 Å². The minimum Gasteiger partial charge on any atom is -0.309 e. The van der Waals surface area contributed by atoms with Gasteiger partial charge in [0, 0.05) is 43.7 Å². The molecule has 9 aromatic carbocycles. The van der Waals surface area contributed by atoms with Crippen LogP contribution in [-0.4, -0.2) is 19.1 Å². The second-order valence-electron chi connectivity index (χ2n) is 15.0. The third-order valence-electron chi connectivity index (χ3n) is 11.7. The van der Waals surface area contributed by atoms with E-state index in [9.17, 15) is 0 Å². The normalized spacial score (nSPS) is 11.8. The summed E-state index contributed by atoms with van der Waals surface area (Å²) in [5.41, 5.74) is 13.0. The van der Waals surface area contributed by atoms with E-state index in [0.29, 0.717) is 0 Å². The number of imidazole rings is 1. The third kappa shape index (κ3) is 5.02. The zero-order valence-corrected chi connectivity index (χ0v) is 31.4. The van der Waals surface area contributed by atoms with Crippen LogP contribution in [0.4, 0.5) is 0 Å². The Balaban J connectivity index is 1.08. The largest absolute Gasteiger partial charge is 0.309 e. The quantitative estimate of drug-likeness (QED) is 0.165. The summed E-state index contributed by atoms with van der Waals surface area (Å²) in [5, 5.41) is 8.24. The molecule has 3 heterocycles. The molecule has 0 aliphatic heterocycles. The van der Waals surface area contributed by atoms with Crippen molar-refractivity contribution in [3.8, 4) is 45.1 Å². The van der Waals surface area contributed by atoms with Crippen LogP contribution in [0, 0.1) is 0 Å². The van der Waals surface area contributed by atoms with Crippen molar-refractivity contribution in [2.24, 2.45) is 0 Å². The van der Waals surface area contributed by atoms with Crippen molar-refractivity contribution in [3.05, 3.63) is 206 Å². The standard InChI is InChI=1S/C54H34N4/c1-3-16-36(17-4-1)53-43-25-10-9-24-42(43)44-34-52-46(33-48(44)55-53)45-32-38(29-30-50(45)57(52)40-21-5-2-6-22-40)37-19-13-20-39(31-37)54-56-47-26-11-12-27-51(47)58(54)49-28-14-18-35-15-7-8-23-41(35)49/h1-34H. The number of nitrogens with zero attached hydrogens (tertiary/aromatic N) is 4. The number of benzene rings is 9. The first kappa shape index (κ1) is 32.4. The Bertz CT molecular complexity index is 3560. The van der Waals surface area contributed by atoms with Crippen LogP contribution < -0.4 is 0 Å². The Kier molecular flexibility index (Phi) is 7.20. The number of para-hydroxylation sites is 3. The maximum absolute atomic E-state index is 5.39. The van der Waals surface area contributed by atoms with Gasteiger partial charge in [0.2, 0.25) is 0 Å². The van der Waals surface area contributed by atoms with E-state index in [1.165, 1.54) is 26.9 Å². The molecular weight excluding hydrogens is 705 g/mol. The van der Waals surface area contributed by atoms with E-state index in [4.69, 9.17) is 9.97 Å². The fourth-order valence-electron chi connectivity index (χ4n) is 9.02. The minimum atomic E-state index is 0.917. The Hall–Kier alpha value is -7.82. The van der Waals surface area contributed by atoms with Gasteiger partial charge in [0.1, 0.15) is 5.82 Å². The zero-order valence-electron chi connectivity index (χ0n) is 31.4. The Labute approximate surface area is 334 Å². The molecule has 3 aromatic heterocycles. The lowest BCUT2D eigenvalue weighted by molar-refractivity contribution is 1.11. The molecule has 0 aliphatic rings. The molecular formula is C54H34N4. The molecule has 12 rings (SSSR count). The molecule has 0 saturated carbocycles. The average molecular weight is 739 g/mol.